The molecule has 0 aromatic rings. The summed E-state index contributed by atoms with van der Waals surface area (Å²) in [5.41, 5.74) is 4.04. The van der Waals surface area contributed by atoms with Crippen molar-refractivity contribution in [2.45, 2.75) is 78.7 Å². The van der Waals surface area contributed by atoms with Crippen LogP contribution >= 0.6 is 11.6 Å². The Labute approximate surface area is 173 Å². The molecule has 4 heteroatoms. The third-order valence-electron chi connectivity index (χ3n) is 8.71. The Balaban J connectivity index is 1.61. The summed E-state index contributed by atoms with van der Waals surface area (Å²) in [6, 6.07) is 0. The van der Waals surface area contributed by atoms with Crippen molar-refractivity contribution in [1.82, 2.24) is 0 Å². The standard InChI is InChI=1S/C24H33ClO3/c1-14-11-20-18-6-5-16-12-17(28-15(2)26)7-9-23(16,3)19(18)8-10-24(20,4)22(14)21(27)13-25/h5,17-20H,6-13H2,1-4H3/t17-,18+,19-,20-,23-,24-/m0/s1. The van der Waals surface area contributed by atoms with Crippen molar-refractivity contribution in [3.8, 4) is 0 Å². The number of rotatable bonds is 3. The van der Waals surface area contributed by atoms with E-state index in [0.29, 0.717) is 17.8 Å². The van der Waals surface area contributed by atoms with Gasteiger partial charge in [-0.2, -0.15) is 0 Å². The van der Waals surface area contributed by atoms with Gasteiger partial charge in [0.05, 0.1) is 5.88 Å². The van der Waals surface area contributed by atoms with E-state index in [9.17, 15) is 9.59 Å². The van der Waals surface area contributed by atoms with Gasteiger partial charge in [-0.25, -0.2) is 0 Å². The molecule has 0 saturated heterocycles. The minimum atomic E-state index is -0.166. The van der Waals surface area contributed by atoms with Crippen LogP contribution in [0.15, 0.2) is 22.8 Å². The predicted octanol–water partition coefficient (Wildman–Crippen LogP) is 5.62. The number of carbonyl (C=O) groups excluding carboxylic acids is 2. The van der Waals surface area contributed by atoms with E-state index < -0.39 is 0 Å². The van der Waals surface area contributed by atoms with Gasteiger partial charge in [0, 0.05) is 18.9 Å². The molecule has 4 aliphatic rings. The van der Waals surface area contributed by atoms with Gasteiger partial charge < -0.3 is 4.74 Å². The number of ketones is 1. The molecule has 0 spiro atoms. The predicted molar refractivity (Wildman–Crippen MR) is 111 cm³/mol. The fraction of sp³-hybridized carbons (Fsp3) is 0.750. The van der Waals surface area contributed by atoms with Crippen molar-refractivity contribution >= 4 is 23.4 Å². The van der Waals surface area contributed by atoms with Crippen molar-refractivity contribution < 1.29 is 14.3 Å². The molecule has 0 bridgehead atoms. The first-order valence-electron chi connectivity index (χ1n) is 10.9. The lowest BCUT2D eigenvalue weighted by molar-refractivity contribution is -0.148. The zero-order valence-electron chi connectivity index (χ0n) is 17.6. The summed E-state index contributed by atoms with van der Waals surface area (Å²) in [5, 5.41) is 0. The summed E-state index contributed by atoms with van der Waals surface area (Å²) in [5.74, 6) is 1.93. The summed E-state index contributed by atoms with van der Waals surface area (Å²) < 4.78 is 5.54. The van der Waals surface area contributed by atoms with Gasteiger partial charge in [-0.3, -0.25) is 9.59 Å². The monoisotopic (exact) mass is 404 g/mol. The Morgan fingerprint density at radius 1 is 1.14 bits per heavy atom. The maximum Gasteiger partial charge on any atom is 0.302 e. The lowest BCUT2D eigenvalue weighted by Crippen LogP contribution is -2.50. The molecule has 0 heterocycles. The third kappa shape index (κ3) is 2.91. The first-order valence-corrected chi connectivity index (χ1v) is 11.4. The number of allylic oxidation sites excluding steroid dienone is 3. The van der Waals surface area contributed by atoms with Crippen molar-refractivity contribution in [2.75, 3.05) is 5.88 Å². The molecule has 6 atom stereocenters. The molecule has 154 valence electrons. The molecule has 0 unspecified atom stereocenters. The lowest BCUT2D eigenvalue weighted by atomic mass is 9.47. The van der Waals surface area contributed by atoms with Crippen molar-refractivity contribution in [1.29, 1.82) is 0 Å². The molecule has 0 aromatic carbocycles. The molecule has 2 fully saturated rings. The molecule has 0 radical (unpaired) electrons. The number of alkyl halides is 1. The lowest BCUT2D eigenvalue weighted by Gasteiger charge is -2.57. The van der Waals surface area contributed by atoms with Gasteiger partial charge in [0.1, 0.15) is 6.10 Å². The molecule has 0 aromatic heterocycles. The van der Waals surface area contributed by atoms with Crippen molar-refractivity contribution in [2.24, 2.45) is 28.6 Å². The first-order chi connectivity index (χ1) is 13.2. The van der Waals surface area contributed by atoms with Gasteiger partial charge in [0.2, 0.25) is 0 Å². The minimum Gasteiger partial charge on any atom is -0.462 e. The number of Topliss-reactive ketones (excluding diaryl/α,β-unsaturated/α-hetero) is 1. The quantitative estimate of drug-likeness (QED) is 0.348. The maximum atomic E-state index is 12.6. The van der Waals surface area contributed by atoms with Gasteiger partial charge in [-0.1, -0.05) is 31.1 Å². The van der Waals surface area contributed by atoms with E-state index in [-0.39, 0.29) is 34.6 Å². The normalized spacial score (nSPS) is 42.2. The van der Waals surface area contributed by atoms with E-state index in [2.05, 4.69) is 26.8 Å². The Morgan fingerprint density at radius 3 is 2.54 bits per heavy atom. The zero-order chi connectivity index (χ0) is 20.3. The number of esters is 1. The van der Waals surface area contributed by atoms with E-state index in [1.807, 2.05) is 0 Å². The molecule has 0 N–H and O–H groups in total. The van der Waals surface area contributed by atoms with Crippen LogP contribution in [0, 0.1) is 28.6 Å². The van der Waals surface area contributed by atoms with Crippen LogP contribution in [0.1, 0.15) is 72.6 Å². The van der Waals surface area contributed by atoms with Crippen LogP contribution in [-0.4, -0.2) is 23.7 Å². The highest BCUT2D eigenvalue weighted by molar-refractivity contribution is 6.30. The maximum absolute atomic E-state index is 12.6. The topological polar surface area (TPSA) is 43.4 Å². The van der Waals surface area contributed by atoms with E-state index in [0.717, 1.165) is 44.1 Å². The largest absolute Gasteiger partial charge is 0.462 e. The summed E-state index contributed by atoms with van der Waals surface area (Å²) >= 11 is 5.96. The second-order valence-corrected chi connectivity index (χ2v) is 10.4. The van der Waals surface area contributed by atoms with Gasteiger partial charge in [-0.05, 0) is 74.0 Å². The second-order valence-electron chi connectivity index (χ2n) is 10.1. The van der Waals surface area contributed by atoms with Crippen LogP contribution in [0.3, 0.4) is 0 Å². The smallest absolute Gasteiger partial charge is 0.302 e. The van der Waals surface area contributed by atoms with Gasteiger partial charge in [0.25, 0.3) is 0 Å². The van der Waals surface area contributed by atoms with Crippen LogP contribution in [0.25, 0.3) is 0 Å². The first kappa shape index (κ1) is 20.2. The van der Waals surface area contributed by atoms with E-state index >= 15 is 0 Å². The molecule has 4 aliphatic carbocycles. The number of carbonyl (C=O) groups is 2. The Bertz CT molecular complexity index is 766. The van der Waals surface area contributed by atoms with E-state index in [4.69, 9.17) is 16.3 Å². The Kier molecular flexibility index (Phi) is 5.05. The number of fused-ring (bicyclic) bond motifs is 5. The van der Waals surface area contributed by atoms with Crippen LogP contribution in [0.4, 0.5) is 0 Å². The van der Waals surface area contributed by atoms with Crippen LogP contribution < -0.4 is 0 Å². The molecule has 28 heavy (non-hydrogen) atoms. The second kappa shape index (κ2) is 7.00. The highest BCUT2D eigenvalue weighted by atomic mass is 35.5. The average molecular weight is 405 g/mol. The van der Waals surface area contributed by atoms with Crippen LogP contribution in [0.2, 0.25) is 0 Å². The van der Waals surface area contributed by atoms with Crippen LogP contribution in [0.5, 0.6) is 0 Å². The van der Waals surface area contributed by atoms with Gasteiger partial charge >= 0.3 is 5.97 Å². The highest BCUT2D eigenvalue weighted by Gasteiger charge is 2.58. The molecule has 0 aliphatic heterocycles. The van der Waals surface area contributed by atoms with Gasteiger partial charge in [-0.15, -0.1) is 11.6 Å². The summed E-state index contributed by atoms with van der Waals surface area (Å²) in [7, 11) is 0. The van der Waals surface area contributed by atoms with Gasteiger partial charge in [0.15, 0.2) is 5.78 Å². The summed E-state index contributed by atoms with van der Waals surface area (Å²) in [6.07, 6.45) is 9.87. The number of ether oxygens (including phenoxy) is 1. The molecule has 0 amide bonds. The molecular formula is C24H33ClO3. The summed E-state index contributed by atoms with van der Waals surface area (Å²) in [4.78, 5) is 24.0. The average Bonchev–Trinajstić information content (AvgIpc) is 2.91. The SMILES string of the molecule is CC(=O)O[C@H]1CC[C@@]2(C)C(=CC[C@@H]3[C@@H]2CC[C@]2(C)C(C(=O)CCl)=C(C)C[C@@H]32)C1. The van der Waals surface area contributed by atoms with E-state index in [1.165, 1.54) is 24.5 Å². The Morgan fingerprint density at radius 2 is 1.86 bits per heavy atom. The third-order valence-corrected chi connectivity index (χ3v) is 8.95. The fourth-order valence-electron chi connectivity index (χ4n) is 7.51. The highest BCUT2D eigenvalue weighted by Crippen LogP contribution is 2.66. The zero-order valence-corrected chi connectivity index (χ0v) is 18.4. The van der Waals surface area contributed by atoms with E-state index in [1.54, 1.807) is 0 Å². The van der Waals surface area contributed by atoms with Crippen molar-refractivity contribution in [3.05, 3.63) is 22.8 Å². The number of halogens is 1. The fourth-order valence-corrected chi connectivity index (χ4v) is 7.65. The molecular weight excluding hydrogens is 372 g/mol. The minimum absolute atomic E-state index is 0.00608. The van der Waals surface area contributed by atoms with Crippen molar-refractivity contribution in [3.63, 3.8) is 0 Å². The molecule has 4 rings (SSSR count). The molecule has 3 nitrogen and oxygen atoms in total. The molecule has 2 saturated carbocycles. The Hall–Kier alpha value is -1.09. The number of hydrogen-bond donors (Lipinski definition) is 0. The van der Waals surface area contributed by atoms with Crippen LogP contribution in [-0.2, 0) is 14.3 Å². The summed E-state index contributed by atoms with van der Waals surface area (Å²) in [6.45, 7) is 8.43. The number of hydrogen-bond acceptors (Lipinski definition) is 3.